The van der Waals surface area contributed by atoms with Crippen LogP contribution in [-0.2, 0) is 5.41 Å². The van der Waals surface area contributed by atoms with Crippen LogP contribution < -0.4 is 0 Å². The van der Waals surface area contributed by atoms with Gasteiger partial charge < -0.3 is 4.42 Å². The lowest BCUT2D eigenvalue weighted by Crippen LogP contribution is -2.14. The molecule has 0 N–H and O–H groups in total. The number of rotatable bonds is 3. The molecule has 1 nitrogen and oxygen atoms in total. The fourth-order valence-electron chi connectivity index (χ4n) is 6.86. The van der Waals surface area contributed by atoms with Crippen LogP contribution in [0.1, 0.15) is 67.4 Å². The Hall–Kier alpha value is -6.44. The van der Waals surface area contributed by atoms with Crippen LogP contribution in [0, 0.1) is 0 Å². The Morgan fingerprint density at radius 2 is 1.00 bits per heavy atom. The van der Waals surface area contributed by atoms with Crippen molar-refractivity contribution in [1.82, 2.24) is 0 Å². The van der Waals surface area contributed by atoms with Crippen molar-refractivity contribution in [1.29, 1.82) is 0 Å². The van der Waals surface area contributed by atoms with Crippen molar-refractivity contribution in [3.05, 3.63) is 180 Å². The molecule has 1 aliphatic carbocycles. The monoisotopic (exact) mass is 693 g/mol. The van der Waals surface area contributed by atoms with Gasteiger partial charge in [0.15, 0.2) is 0 Å². The minimum atomic E-state index is -3.33. The molecule has 0 saturated carbocycles. The van der Waals surface area contributed by atoms with Crippen LogP contribution in [0.4, 0.5) is 0 Å². The van der Waals surface area contributed by atoms with Gasteiger partial charge in [0, 0.05) is 20.3 Å². The molecular weight excluding hydrogens is 629 g/mol. The number of hydrogen-bond acceptors (Lipinski definition) is 1. The lowest BCUT2D eigenvalue weighted by Gasteiger charge is -2.23. The summed E-state index contributed by atoms with van der Waals surface area (Å²) >= 11 is 0. The Balaban J connectivity index is 1.33. The predicted octanol–water partition coefficient (Wildman–Crippen LogP) is 14.4. The van der Waals surface area contributed by atoms with E-state index in [1.807, 2.05) is 0 Å². The molecule has 1 heterocycles. The minimum Gasteiger partial charge on any atom is -0.456 e. The van der Waals surface area contributed by atoms with Crippen LogP contribution in [0.3, 0.4) is 0 Å². The first-order valence-electron chi connectivity index (χ1n) is 31.2. The van der Waals surface area contributed by atoms with Crippen molar-refractivity contribution < 1.29 is 46.9 Å². The van der Waals surface area contributed by atoms with Crippen molar-refractivity contribution in [2.24, 2.45) is 0 Å². The van der Waals surface area contributed by atoms with E-state index in [1.165, 1.54) is 0 Å². The molecule has 10 aromatic rings. The van der Waals surface area contributed by atoms with Crippen LogP contribution >= 0.6 is 0 Å². The maximum Gasteiger partial charge on any atom is 0.136 e. The molecule has 0 aliphatic heterocycles. The second-order valence-electron chi connectivity index (χ2n) is 12.1. The van der Waals surface area contributed by atoms with Gasteiger partial charge in [-0.05, 0) is 112 Å². The summed E-state index contributed by atoms with van der Waals surface area (Å²) in [6, 6.07) is -26.6. The molecule has 0 saturated heterocycles. The van der Waals surface area contributed by atoms with E-state index in [2.05, 4.69) is 0 Å². The first-order chi connectivity index (χ1) is 38.5. The molecule has 0 radical (unpaired) electrons. The zero-order valence-corrected chi connectivity index (χ0v) is 26.4. The Morgan fingerprint density at radius 3 is 1.73 bits per heavy atom. The summed E-state index contributed by atoms with van der Waals surface area (Å²) < 4.78 is 288. The molecule has 1 heteroatoms. The number of benzene rings is 9. The van der Waals surface area contributed by atoms with Crippen LogP contribution in [0.15, 0.2) is 174 Å². The molecular formula is C51H34O. The van der Waals surface area contributed by atoms with Crippen LogP contribution in [-0.4, -0.2) is 0 Å². The van der Waals surface area contributed by atoms with Crippen LogP contribution in [0.2, 0.25) is 0 Å². The van der Waals surface area contributed by atoms with Crippen molar-refractivity contribution in [3.63, 3.8) is 0 Å². The number of fused-ring (bicyclic) bond motifs is 10. The molecule has 0 amide bonds. The average molecular weight is 694 g/mol. The lowest BCUT2D eigenvalue weighted by atomic mass is 9.80. The first-order valence-corrected chi connectivity index (χ1v) is 15.7. The molecule has 0 fully saturated rings. The maximum atomic E-state index is 9.97. The summed E-state index contributed by atoms with van der Waals surface area (Å²) in [7, 11) is 0. The smallest absolute Gasteiger partial charge is 0.136 e. The van der Waals surface area contributed by atoms with Gasteiger partial charge in [0.2, 0.25) is 0 Å². The summed E-state index contributed by atoms with van der Waals surface area (Å²) in [6.07, 6.45) is 0. The molecule has 9 aromatic carbocycles. The molecule has 0 spiro atoms. The van der Waals surface area contributed by atoms with E-state index in [9.17, 15) is 17.8 Å². The molecule has 0 bridgehead atoms. The van der Waals surface area contributed by atoms with Gasteiger partial charge in [-0.1, -0.05) is 159 Å². The lowest BCUT2D eigenvalue weighted by molar-refractivity contribution is 0.660. The van der Waals surface area contributed by atoms with Gasteiger partial charge in [-0.15, -0.1) is 0 Å². The van der Waals surface area contributed by atoms with E-state index in [0.29, 0.717) is 0 Å². The predicted molar refractivity (Wildman–Crippen MR) is 220 cm³/mol. The highest BCUT2D eigenvalue weighted by molar-refractivity contribution is 6.22. The molecule has 52 heavy (non-hydrogen) atoms. The van der Waals surface area contributed by atoms with Gasteiger partial charge in [-0.25, -0.2) is 0 Å². The quantitative estimate of drug-likeness (QED) is 0.168. The zero-order chi connectivity index (χ0) is 61.4. The SMILES string of the molecule is [2H]c1c([2H])c([2H])c2c(c1[2H])-c1c([2H])c([2H])c(-c3c4c([2H])c([2H])c([2H])c([2H])c4c(-c4c([2H])c([2H])c(-c5c([2H])c([2H])c6oc7c([2H])c([2H])c8c([2H])c([2H])c([2H])c([2H])c8c7c6c5[2H])c([2H])c4[2H])c4c([2H])c([2H])c([2H])c([2H])c34)c([2H])c1C2(C)C([2H])([2H])[2H]. The number of hydrogen-bond donors (Lipinski definition) is 0. The highest BCUT2D eigenvalue weighted by Gasteiger charge is 2.35. The average Bonchev–Trinajstić information content (AvgIpc) is 1.71. The van der Waals surface area contributed by atoms with Gasteiger partial charge >= 0.3 is 0 Å². The van der Waals surface area contributed by atoms with Crippen molar-refractivity contribution in [2.45, 2.75) is 19.2 Å². The molecule has 244 valence electrons. The van der Waals surface area contributed by atoms with E-state index in [4.69, 9.17) is 29.1 Å². The molecule has 1 aromatic heterocycles. The Kier molecular flexibility index (Phi) is 2.50. The van der Waals surface area contributed by atoms with Gasteiger partial charge in [0.05, 0.1) is 38.4 Å². The van der Waals surface area contributed by atoms with Crippen LogP contribution in [0.25, 0.3) is 98.8 Å². The fraction of sp³-hybridized carbons (Fsp3) is 0.0588. The van der Waals surface area contributed by atoms with Gasteiger partial charge in [0.25, 0.3) is 0 Å². The third-order valence-electron chi connectivity index (χ3n) is 9.20. The third kappa shape index (κ3) is 4.11. The Bertz CT molecular complexity index is 4710. The van der Waals surface area contributed by atoms with Crippen molar-refractivity contribution >= 4 is 54.3 Å². The van der Waals surface area contributed by atoms with Crippen molar-refractivity contribution in [2.75, 3.05) is 0 Å². The molecule has 1 atom stereocenters. The summed E-state index contributed by atoms with van der Waals surface area (Å²) in [6.45, 7) is -2.30. The van der Waals surface area contributed by atoms with Gasteiger partial charge in [-0.2, -0.15) is 0 Å². The highest BCUT2D eigenvalue weighted by atomic mass is 16.3. The van der Waals surface area contributed by atoms with E-state index in [-0.39, 0.29) is 5.39 Å². The second kappa shape index (κ2) is 10.8. The van der Waals surface area contributed by atoms with Crippen LogP contribution in [0.5, 0.6) is 0 Å². The summed E-state index contributed by atoms with van der Waals surface area (Å²) in [5.41, 5.74) is -11.2. The third-order valence-corrected chi connectivity index (χ3v) is 9.20. The van der Waals surface area contributed by atoms with Gasteiger partial charge in [0.1, 0.15) is 11.2 Å². The second-order valence-corrected chi connectivity index (χ2v) is 12.1. The molecule has 1 unspecified atom stereocenters. The summed E-state index contributed by atoms with van der Waals surface area (Å²) in [5.74, 6) is 0. The zero-order valence-electron chi connectivity index (χ0n) is 57.4. The maximum absolute atomic E-state index is 9.97. The van der Waals surface area contributed by atoms with Crippen molar-refractivity contribution in [3.8, 4) is 44.5 Å². The summed E-state index contributed by atoms with van der Waals surface area (Å²) in [5, 5.41) is -5.03. The standard InChI is InChI=1S/C51H34O/c1-51(2)44-18-10-9-13-37(44)38-26-23-35(30-45(38)51)49-41-16-7-5-14-39(41)48(40-15-6-8-17-42(40)49)33-21-19-31(20-22-33)34-25-27-46-43(29-34)50-36-12-4-3-11-32(36)24-28-47(50)52-46/h3-30H,1-2H3/i1D3,3D,4D,5D,6D,7D,8D,9D,10D,11D,12D,13D,14D,15D,16D,17D,18D,19D,20D,21D,22D,23D,24D,25D,26D,27D,28D,29D,30D. The normalized spacial score (nSPS) is 23.8. The summed E-state index contributed by atoms with van der Waals surface area (Å²) in [4.78, 5) is 0. The molecule has 11 rings (SSSR count). The molecule has 1 aliphatic rings. The van der Waals surface area contributed by atoms with E-state index in [0.717, 1.165) is 6.92 Å². The van der Waals surface area contributed by atoms with E-state index >= 15 is 0 Å². The Morgan fingerprint density at radius 1 is 0.442 bits per heavy atom. The number of furan rings is 1. The van der Waals surface area contributed by atoms with Gasteiger partial charge in [-0.3, -0.25) is 0 Å². The highest BCUT2D eigenvalue weighted by Crippen LogP contribution is 2.51. The topological polar surface area (TPSA) is 13.1 Å². The largest absolute Gasteiger partial charge is 0.456 e. The van der Waals surface area contributed by atoms with E-state index < -0.39 is 286 Å². The fourth-order valence-corrected chi connectivity index (χ4v) is 6.86. The Labute approximate surface area is 346 Å². The first kappa shape index (κ1) is 12.1. The van der Waals surface area contributed by atoms with E-state index in [1.54, 1.807) is 0 Å². The minimum absolute atomic E-state index is 0.387.